The average Bonchev–Trinajstić information content (AvgIpc) is 2.33. The van der Waals surface area contributed by atoms with E-state index in [1.54, 1.807) is 25.1 Å². The highest BCUT2D eigenvalue weighted by molar-refractivity contribution is 7.99. The lowest BCUT2D eigenvalue weighted by Crippen LogP contribution is -1.90. The van der Waals surface area contributed by atoms with Gasteiger partial charge in [-0.1, -0.05) is 11.8 Å². The van der Waals surface area contributed by atoms with Crippen molar-refractivity contribution in [1.29, 1.82) is 0 Å². The molecular formula is C12H12N2OS. The van der Waals surface area contributed by atoms with Crippen LogP contribution < -0.4 is 10.5 Å². The van der Waals surface area contributed by atoms with Crippen LogP contribution in [-0.4, -0.2) is 12.1 Å². The minimum atomic E-state index is 0.698. The number of nitrogens with zero attached hydrogens (tertiary/aromatic N) is 1. The van der Waals surface area contributed by atoms with Gasteiger partial charge in [0.2, 0.25) is 0 Å². The first kappa shape index (κ1) is 10.8. The first-order chi connectivity index (χ1) is 7.79. The predicted octanol–water partition coefficient (Wildman–Crippen LogP) is 2.82. The molecule has 0 atom stereocenters. The third-order valence-corrected chi connectivity index (χ3v) is 3.12. The summed E-state index contributed by atoms with van der Waals surface area (Å²) in [6.45, 7) is 0. The molecule has 2 rings (SSSR count). The van der Waals surface area contributed by atoms with Crippen molar-refractivity contribution in [3.05, 3.63) is 42.6 Å². The van der Waals surface area contributed by atoms with Gasteiger partial charge in [-0.25, -0.2) is 4.98 Å². The molecule has 2 N–H and O–H groups in total. The largest absolute Gasteiger partial charge is 0.497 e. The molecule has 0 unspecified atom stereocenters. The summed E-state index contributed by atoms with van der Waals surface area (Å²) in [6, 6.07) is 11.5. The molecule has 3 nitrogen and oxygen atoms in total. The lowest BCUT2D eigenvalue weighted by Gasteiger charge is -2.04. The summed E-state index contributed by atoms with van der Waals surface area (Å²) < 4.78 is 5.09. The Balaban J connectivity index is 2.18. The van der Waals surface area contributed by atoms with Gasteiger partial charge in [0.15, 0.2) is 0 Å². The van der Waals surface area contributed by atoms with Crippen LogP contribution in [0.1, 0.15) is 0 Å². The van der Waals surface area contributed by atoms with Crippen LogP contribution in [0, 0.1) is 0 Å². The number of hydrogen-bond acceptors (Lipinski definition) is 4. The topological polar surface area (TPSA) is 48.1 Å². The molecule has 0 bridgehead atoms. The number of nitrogens with two attached hydrogens (primary N) is 1. The van der Waals surface area contributed by atoms with Gasteiger partial charge >= 0.3 is 0 Å². The van der Waals surface area contributed by atoms with Crippen LogP contribution in [-0.2, 0) is 0 Å². The zero-order valence-corrected chi connectivity index (χ0v) is 9.70. The molecular weight excluding hydrogens is 220 g/mol. The SMILES string of the molecule is COc1ccc(Sc2ncccc2N)cc1. The molecule has 16 heavy (non-hydrogen) atoms. The van der Waals surface area contributed by atoms with Gasteiger partial charge in [0.1, 0.15) is 10.8 Å². The number of pyridine rings is 1. The number of ether oxygens (including phenoxy) is 1. The first-order valence-corrected chi connectivity index (χ1v) is 5.63. The van der Waals surface area contributed by atoms with Gasteiger partial charge in [0.05, 0.1) is 12.8 Å². The average molecular weight is 232 g/mol. The second kappa shape index (κ2) is 4.90. The molecule has 0 saturated carbocycles. The highest BCUT2D eigenvalue weighted by Gasteiger charge is 2.02. The first-order valence-electron chi connectivity index (χ1n) is 4.82. The molecule has 82 valence electrons. The number of hydrogen-bond donors (Lipinski definition) is 1. The van der Waals surface area contributed by atoms with Gasteiger partial charge in [-0.3, -0.25) is 0 Å². The van der Waals surface area contributed by atoms with Gasteiger partial charge in [-0.15, -0.1) is 0 Å². The van der Waals surface area contributed by atoms with Crippen molar-refractivity contribution in [2.24, 2.45) is 0 Å². The highest BCUT2D eigenvalue weighted by atomic mass is 32.2. The van der Waals surface area contributed by atoms with E-state index in [9.17, 15) is 0 Å². The molecule has 0 aliphatic carbocycles. The molecule has 0 aliphatic heterocycles. The van der Waals surface area contributed by atoms with Crippen molar-refractivity contribution in [2.45, 2.75) is 9.92 Å². The van der Waals surface area contributed by atoms with Crippen LogP contribution >= 0.6 is 11.8 Å². The fourth-order valence-electron chi connectivity index (χ4n) is 1.24. The Kier molecular flexibility index (Phi) is 3.31. The van der Waals surface area contributed by atoms with Crippen LogP contribution in [0.2, 0.25) is 0 Å². The van der Waals surface area contributed by atoms with E-state index in [-0.39, 0.29) is 0 Å². The Morgan fingerprint density at radius 1 is 1.19 bits per heavy atom. The van der Waals surface area contributed by atoms with E-state index in [0.29, 0.717) is 5.69 Å². The zero-order chi connectivity index (χ0) is 11.4. The molecule has 4 heteroatoms. The van der Waals surface area contributed by atoms with Gasteiger partial charge in [0.25, 0.3) is 0 Å². The van der Waals surface area contributed by atoms with E-state index in [1.807, 2.05) is 36.4 Å². The number of nitrogen functional groups attached to an aromatic ring is 1. The van der Waals surface area contributed by atoms with E-state index in [4.69, 9.17) is 10.5 Å². The van der Waals surface area contributed by atoms with Crippen molar-refractivity contribution in [1.82, 2.24) is 4.98 Å². The Labute approximate surface area is 98.6 Å². The van der Waals surface area contributed by atoms with Crippen molar-refractivity contribution >= 4 is 17.4 Å². The summed E-state index contributed by atoms with van der Waals surface area (Å²) in [5, 5.41) is 0.827. The normalized spacial score (nSPS) is 10.1. The van der Waals surface area contributed by atoms with Crippen molar-refractivity contribution in [3.63, 3.8) is 0 Å². The van der Waals surface area contributed by atoms with Crippen LogP contribution in [0.3, 0.4) is 0 Å². The van der Waals surface area contributed by atoms with Crippen LogP contribution in [0.5, 0.6) is 5.75 Å². The lowest BCUT2D eigenvalue weighted by molar-refractivity contribution is 0.414. The summed E-state index contributed by atoms with van der Waals surface area (Å²) in [5.74, 6) is 0.846. The third-order valence-electron chi connectivity index (χ3n) is 2.07. The molecule has 0 radical (unpaired) electrons. The summed E-state index contributed by atoms with van der Waals surface area (Å²) in [5.41, 5.74) is 6.51. The van der Waals surface area contributed by atoms with Crippen LogP contribution in [0.4, 0.5) is 5.69 Å². The molecule has 2 aromatic rings. The zero-order valence-electron chi connectivity index (χ0n) is 8.88. The summed E-state index contributed by atoms with van der Waals surface area (Å²) >= 11 is 1.54. The summed E-state index contributed by atoms with van der Waals surface area (Å²) in [6.07, 6.45) is 1.74. The van der Waals surface area contributed by atoms with Crippen molar-refractivity contribution < 1.29 is 4.74 Å². The second-order valence-corrected chi connectivity index (χ2v) is 4.24. The lowest BCUT2D eigenvalue weighted by atomic mass is 10.3. The maximum atomic E-state index is 5.82. The monoisotopic (exact) mass is 232 g/mol. The molecule has 0 aliphatic rings. The Bertz CT molecular complexity index is 471. The maximum absolute atomic E-state index is 5.82. The van der Waals surface area contributed by atoms with E-state index < -0.39 is 0 Å². The molecule has 0 spiro atoms. The molecule has 1 heterocycles. The van der Waals surface area contributed by atoms with E-state index in [1.165, 1.54) is 0 Å². The predicted molar refractivity (Wildman–Crippen MR) is 65.8 cm³/mol. The van der Waals surface area contributed by atoms with Crippen LogP contribution in [0.25, 0.3) is 0 Å². The fourth-order valence-corrected chi connectivity index (χ4v) is 2.04. The second-order valence-electron chi connectivity index (χ2n) is 3.18. The van der Waals surface area contributed by atoms with Crippen LogP contribution in [0.15, 0.2) is 52.5 Å². The minimum Gasteiger partial charge on any atom is -0.497 e. The van der Waals surface area contributed by atoms with E-state index in [0.717, 1.165) is 15.7 Å². The Morgan fingerprint density at radius 3 is 2.56 bits per heavy atom. The van der Waals surface area contributed by atoms with Gasteiger partial charge in [-0.2, -0.15) is 0 Å². The fraction of sp³-hybridized carbons (Fsp3) is 0.0833. The quantitative estimate of drug-likeness (QED) is 0.884. The van der Waals surface area contributed by atoms with Crippen molar-refractivity contribution in [2.75, 3.05) is 12.8 Å². The molecule has 0 saturated heterocycles. The highest BCUT2D eigenvalue weighted by Crippen LogP contribution is 2.30. The summed E-state index contributed by atoms with van der Waals surface area (Å²) in [4.78, 5) is 5.31. The minimum absolute atomic E-state index is 0.698. The van der Waals surface area contributed by atoms with Gasteiger partial charge in [-0.05, 0) is 36.4 Å². The van der Waals surface area contributed by atoms with E-state index in [2.05, 4.69) is 4.98 Å². The number of methoxy groups -OCH3 is 1. The number of rotatable bonds is 3. The Morgan fingerprint density at radius 2 is 1.94 bits per heavy atom. The van der Waals surface area contributed by atoms with E-state index >= 15 is 0 Å². The van der Waals surface area contributed by atoms with Gasteiger partial charge < -0.3 is 10.5 Å². The smallest absolute Gasteiger partial charge is 0.124 e. The third kappa shape index (κ3) is 2.46. The number of aromatic nitrogens is 1. The standard InChI is InChI=1S/C12H12N2OS/c1-15-9-4-6-10(7-5-9)16-12-11(13)3-2-8-14-12/h2-8H,13H2,1H3. The maximum Gasteiger partial charge on any atom is 0.124 e. The molecule has 1 aromatic heterocycles. The Hall–Kier alpha value is -1.68. The number of anilines is 1. The summed E-state index contributed by atoms with van der Waals surface area (Å²) in [7, 11) is 1.65. The molecule has 0 amide bonds. The molecule has 1 aromatic carbocycles. The number of benzene rings is 1. The molecule has 0 fully saturated rings. The van der Waals surface area contributed by atoms with Crippen molar-refractivity contribution in [3.8, 4) is 5.75 Å². The van der Waals surface area contributed by atoms with Gasteiger partial charge in [0, 0.05) is 11.1 Å².